The van der Waals surface area contributed by atoms with Crippen molar-refractivity contribution < 1.29 is 4.79 Å². The molecule has 0 unspecified atom stereocenters. The number of H-pyrrole nitrogens is 1. The maximum atomic E-state index is 12.6. The molecule has 0 saturated heterocycles. The van der Waals surface area contributed by atoms with E-state index in [1.807, 2.05) is 11.0 Å². The van der Waals surface area contributed by atoms with E-state index in [1.54, 1.807) is 6.33 Å². The zero-order valence-corrected chi connectivity index (χ0v) is 13.3. The highest BCUT2D eigenvalue weighted by molar-refractivity contribution is 5.89. The van der Waals surface area contributed by atoms with Crippen LogP contribution in [0.1, 0.15) is 35.4 Å². The fraction of sp³-hybridized carbons (Fsp3) is 0.444. The molecule has 2 aliphatic rings. The second kappa shape index (κ2) is 6.07. The van der Waals surface area contributed by atoms with Gasteiger partial charge in [0.05, 0.1) is 12.0 Å². The first-order chi connectivity index (χ1) is 11.3. The monoisotopic (exact) mass is 310 g/mol. The number of amides is 2. The van der Waals surface area contributed by atoms with Crippen LogP contribution in [0.5, 0.6) is 0 Å². The number of benzene rings is 1. The van der Waals surface area contributed by atoms with Gasteiger partial charge >= 0.3 is 6.03 Å². The quantitative estimate of drug-likeness (QED) is 0.851. The van der Waals surface area contributed by atoms with Gasteiger partial charge in [0.15, 0.2) is 0 Å². The van der Waals surface area contributed by atoms with Crippen molar-refractivity contribution in [2.75, 3.05) is 18.4 Å². The van der Waals surface area contributed by atoms with Crippen LogP contribution >= 0.6 is 0 Å². The highest BCUT2D eigenvalue weighted by atomic mass is 16.2. The molecule has 0 bridgehead atoms. The molecule has 120 valence electrons. The molecule has 2 amide bonds. The average molecular weight is 310 g/mol. The number of anilines is 1. The van der Waals surface area contributed by atoms with Gasteiger partial charge in [-0.15, -0.1) is 0 Å². The summed E-state index contributed by atoms with van der Waals surface area (Å²) >= 11 is 0. The third-order valence-electron chi connectivity index (χ3n) is 4.92. The van der Waals surface area contributed by atoms with Gasteiger partial charge in [-0.3, -0.25) is 0 Å². The smallest absolute Gasteiger partial charge is 0.321 e. The Morgan fingerprint density at radius 3 is 2.96 bits per heavy atom. The van der Waals surface area contributed by atoms with E-state index in [1.165, 1.54) is 29.7 Å². The molecule has 0 atom stereocenters. The van der Waals surface area contributed by atoms with Crippen LogP contribution in [0.15, 0.2) is 24.5 Å². The van der Waals surface area contributed by atoms with Gasteiger partial charge < -0.3 is 15.2 Å². The molecular formula is C18H22N4O. The second-order valence-electron chi connectivity index (χ2n) is 6.44. The molecule has 0 fully saturated rings. The van der Waals surface area contributed by atoms with Gasteiger partial charge in [-0.2, -0.15) is 0 Å². The van der Waals surface area contributed by atoms with E-state index in [9.17, 15) is 4.79 Å². The van der Waals surface area contributed by atoms with Gasteiger partial charge in [0.2, 0.25) is 0 Å². The fourth-order valence-electron chi connectivity index (χ4n) is 3.64. The molecular weight excluding hydrogens is 288 g/mol. The zero-order valence-electron chi connectivity index (χ0n) is 13.3. The van der Waals surface area contributed by atoms with Crippen molar-refractivity contribution in [2.45, 2.75) is 38.5 Å². The van der Waals surface area contributed by atoms with Crippen LogP contribution in [-0.2, 0) is 25.7 Å². The highest BCUT2D eigenvalue weighted by Crippen LogP contribution is 2.25. The fourth-order valence-corrected chi connectivity index (χ4v) is 3.64. The summed E-state index contributed by atoms with van der Waals surface area (Å²) in [6, 6.07) is 6.32. The first-order valence-corrected chi connectivity index (χ1v) is 8.48. The van der Waals surface area contributed by atoms with Crippen molar-refractivity contribution >= 4 is 11.7 Å². The molecule has 5 heteroatoms. The van der Waals surface area contributed by atoms with E-state index in [4.69, 9.17) is 0 Å². The minimum Gasteiger partial charge on any atom is -0.348 e. The molecule has 1 aromatic heterocycles. The molecule has 0 saturated carbocycles. The Kier molecular flexibility index (Phi) is 3.77. The van der Waals surface area contributed by atoms with Crippen molar-refractivity contribution in [1.29, 1.82) is 0 Å². The predicted molar refractivity (Wildman–Crippen MR) is 89.7 cm³/mol. The van der Waals surface area contributed by atoms with Crippen molar-refractivity contribution in [2.24, 2.45) is 0 Å². The van der Waals surface area contributed by atoms with Crippen molar-refractivity contribution in [3.63, 3.8) is 0 Å². The lowest BCUT2D eigenvalue weighted by molar-refractivity contribution is 0.210. The lowest BCUT2D eigenvalue weighted by atomic mass is 10.1. The summed E-state index contributed by atoms with van der Waals surface area (Å²) in [5.41, 5.74) is 6.05. The van der Waals surface area contributed by atoms with Gasteiger partial charge in [0, 0.05) is 30.9 Å². The first kappa shape index (κ1) is 14.3. The first-order valence-electron chi connectivity index (χ1n) is 8.48. The number of aryl methyl sites for hydroxylation is 3. The Morgan fingerprint density at radius 1 is 1.09 bits per heavy atom. The topological polar surface area (TPSA) is 61.0 Å². The summed E-state index contributed by atoms with van der Waals surface area (Å²) < 4.78 is 0. The Labute approximate surface area is 136 Å². The number of rotatable bonds is 1. The summed E-state index contributed by atoms with van der Waals surface area (Å²) in [6.45, 7) is 1.50. The van der Waals surface area contributed by atoms with Crippen LogP contribution in [0.4, 0.5) is 10.5 Å². The summed E-state index contributed by atoms with van der Waals surface area (Å²) in [7, 11) is 0. The normalized spacial score (nSPS) is 17.1. The third-order valence-corrected chi connectivity index (χ3v) is 4.92. The average Bonchev–Trinajstić information content (AvgIpc) is 3.15. The van der Waals surface area contributed by atoms with Crippen LogP contribution < -0.4 is 5.32 Å². The van der Waals surface area contributed by atoms with Crippen molar-refractivity contribution in [3.8, 4) is 0 Å². The SMILES string of the molecule is O=C(Nc1ccc2c(c1)CCC2)N1CCCc2[nH]cnc2CC1. The number of carbonyl (C=O) groups is 1. The zero-order chi connectivity index (χ0) is 15.6. The number of aromatic amines is 1. The second-order valence-corrected chi connectivity index (χ2v) is 6.44. The van der Waals surface area contributed by atoms with Gasteiger partial charge in [-0.25, -0.2) is 9.78 Å². The van der Waals surface area contributed by atoms with E-state index in [0.29, 0.717) is 6.54 Å². The summed E-state index contributed by atoms with van der Waals surface area (Å²) in [4.78, 5) is 22.0. The van der Waals surface area contributed by atoms with E-state index >= 15 is 0 Å². The maximum absolute atomic E-state index is 12.6. The number of nitrogens with one attached hydrogen (secondary N) is 2. The molecule has 5 nitrogen and oxygen atoms in total. The van der Waals surface area contributed by atoms with E-state index in [2.05, 4.69) is 27.4 Å². The highest BCUT2D eigenvalue weighted by Gasteiger charge is 2.19. The maximum Gasteiger partial charge on any atom is 0.321 e. The molecule has 0 radical (unpaired) electrons. The number of aromatic nitrogens is 2. The van der Waals surface area contributed by atoms with Gasteiger partial charge in [0.1, 0.15) is 0 Å². The Hall–Kier alpha value is -2.30. The minimum absolute atomic E-state index is 0.00179. The van der Waals surface area contributed by atoms with Crippen LogP contribution in [-0.4, -0.2) is 34.0 Å². The molecule has 2 heterocycles. The minimum atomic E-state index is 0.00179. The van der Waals surface area contributed by atoms with E-state index < -0.39 is 0 Å². The molecule has 23 heavy (non-hydrogen) atoms. The molecule has 1 aliphatic carbocycles. The molecule has 1 aromatic carbocycles. The third kappa shape index (κ3) is 2.96. The molecule has 2 aromatic rings. The summed E-state index contributed by atoms with van der Waals surface area (Å²) in [6.07, 6.45) is 8.02. The van der Waals surface area contributed by atoms with E-state index in [-0.39, 0.29) is 6.03 Å². The molecule has 2 N–H and O–H groups in total. The Balaban J connectivity index is 1.42. The Bertz CT molecular complexity index is 722. The lowest BCUT2D eigenvalue weighted by Gasteiger charge is -2.25. The number of imidazole rings is 1. The summed E-state index contributed by atoms with van der Waals surface area (Å²) in [5.74, 6) is 0. The van der Waals surface area contributed by atoms with Gasteiger partial charge in [0.25, 0.3) is 0 Å². The Morgan fingerprint density at radius 2 is 2.00 bits per heavy atom. The number of nitrogens with zero attached hydrogens (tertiary/aromatic N) is 2. The standard InChI is InChI=1S/C18H22N4O/c23-18(21-15-7-6-13-3-1-4-14(13)11-15)22-9-2-5-16-17(8-10-22)20-12-19-16/h6-7,11-12H,1-5,8-10H2,(H,19,20)(H,21,23). The largest absolute Gasteiger partial charge is 0.348 e. The van der Waals surface area contributed by atoms with Crippen LogP contribution in [0.25, 0.3) is 0 Å². The predicted octanol–water partition coefficient (Wildman–Crippen LogP) is 2.92. The van der Waals surface area contributed by atoms with Crippen LogP contribution in [0.2, 0.25) is 0 Å². The molecule has 4 rings (SSSR count). The summed E-state index contributed by atoms with van der Waals surface area (Å²) in [5, 5.41) is 3.07. The van der Waals surface area contributed by atoms with Gasteiger partial charge in [-0.05, 0) is 55.4 Å². The number of fused-ring (bicyclic) bond motifs is 2. The lowest BCUT2D eigenvalue weighted by Crippen LogP contribution is -2.38. The molecule has 1 aliphatic heterocycles. The number of urea groups is 1. The van der Waals surface area contributed by atoms with Crippen LogP contribution in [0.3, 0.4) is 0 Å². The van der Waals surface area contributed by atoms with Crippen molar-refractivity contribution in [3.05, 3.63) is 47.0 Å². The van der Waals surface area contributed by atoms with Gasteiger partial charge in [-0.1, -0.05) is 6.07 Å². The number of carbonyl (C=O) groups excluding carboxylic acids is 1. The number of hydrogen-bond acceptors (Lipinski definition) is 2. The van der Waals surface area contributed by atoms with Crippen LogP contribution in [0, 0.1) is 0 Å². The van der Waals surface area contributed by atoms with E-state index in [0.717, 1.165) is 43.6 Å². The van der Waals surface area contributed by atoms with Crippen molar-refractivity contribution in [1.82, 2.24) is 14.9 Å². The number of hydrogen-bond donors (Lipinski definition) is 2. The molecule has 0 spiro atoms.